The molecule has 0 amide bonds. The summed E-state index contributed by atoms with van der Waals surface area (Å²) in [6.45, 7) is 6.48. The summed E-state index contributed by atoms with van der Waals surface area (Å²) in [6.07, 6.45) is 0.956. The molecule has 1 saturated carbocycles. The van der Waals surface area contributed by atoms with Gasteiger partial charge in [0.25, 0.3) is 0 Å². The van der Waals surface area contributed by atoms with Crippen LogP contribution >= 0.6 is 0 Å². The van der Waals surface area contributed by atoms with Gasteiger partial charge in [0.1, 0.15) is 5.82 Å². The maximum absolute atomic E-state index is 13.7. The first-order valence-electron chi connectivity index (χ1n) is 7.27. The minimum atomic E-state index is -0.111. The molecule has 2 rings (SSSR count). The molecule has 4 heteroatoms. The average molecular weight is 277 g/mol. The van der Waals surface area contributed by atoms with Crippen LogP contribution in [0.15, 0.2) is 29.3 Å². The van der Waals surface area contributed by atoms with Gasteiger partial charge in [-0.15, -0.1) is 0 Å². The van der Waals surface area contributed by atoms with Crippen LogP contribution in [0, 0.1) is 11.7 Å². The van der Waals surface area contributed by atoms with Crippen molar-refractivity contribution >= 4 is 5.96 Å². The number of nitrogens with zero attached hydrogens (tertiary/aromatic N) is 1. The number of halogens is 1. The summed E-state index contributed by atoms with van der Waals surface area (Å²) in [5, 5.41) is 6.74. The molecule has 0 heterocycles. The third-order valence-corrected chi connectivity index (χ3v) is 4.01. The fraction of sp³-hybridized carbons (Fsp3) is 0.562. The molecule has 0 saturated heterocycles. The molecule has 1 aromatic rings. The molecule has 110 valence electrons. The summed E-state index contributed by atoms with van der Waals surface area (Å²) < 4.78 is 13.7. The lowest BCUT2D eigenvalue weighted by Gasteiger charge is -2.20. The van der Waals surface area contributed by atoms with Crippen LogP contribution in [0.4, 0.5) is 4.39 Å². The fourth-order valence-electron chi connectivity index (χ4n) is 2.20. The van der Waals surface area contributed by atoms with E-state index >= 15 is 0 Å². The van der Waals surface area contributed by atoms with E-state index in [-0.39, 0.29) is 17.8 Å². The van der Waals surface area contributed by atoms with Crippen LogP contribution < -0.4 is 10.6 Å². The molecule has 1 aliphatic carbocycles. The van der Waals surface area contributed by atoms with Gasteiger partial charge in [0.15, 0.2) is 5.96 Å². The number of guanidine groups is 1. The van der Waals surface area contributed by atoms with E-state index in [1.165, 1.54) is 6.07 Å². The standard InChI is InChI=1S/C16H24FN3/c1-10(2)11(3)19-16(18-4)20-15-9-13(15)12-7-5-6-8-14(12)17/h5-8,10-11,13,15H,9H2,1-4H3,(H2,18,19,20). The van der Waals surface area contributed by atoms with Crippen molar-refractivity contribution < 1.29 is 4.39 Å². The average Bonchev–Trinajstić information content (AvgIpc) is 3.17. The van der Waals surface area contributed by atoms with E-state index in [0.717, 1.165) is 17.9 Å². The molecule has 0 bridgehead atoms. The van der Waals surface area contributed by atoms with Gasteiger partial charge in [-0.1, -0.05) is 32.0 Å². The Morgan fingerprint density at radius 2 is 2.00 bits per heavy atom. The number of nitrogens with one attached hydrogen (secondary N) is 2. The van der Waals surface area contributed by atoms with Gasteiger partial charge in [0.2, 0.25) is 0 Å². The highest BCUT2D eigenvalue weighted by Gasteiger charge is 2.40. The summed E-state index contributed by atoms with van der Waals surface area (Å²) in [4.78, 5) is 4.24. The second-order valence-corrected chi connectivity index (χ2v) is 5.86. The van der Waals surface area contributed by atoms with Gasteiger partial charge in [-0.25, -0.2) is 4.39 Å². The Hall–Kier alpha value is -1.58. The Kier molecular flexibility index (Phi) is 4.63. The summed E-state index contributed by atoms with van der Waals surface area (Å²) in [6, 6.07) is 7.65. The molecule has 2 N–H and O–H groups in total. The number of rotatable bonds is 4. The van der Waals surface area contributed by atoms with E-state index in [4.69, 9.17) is 0 Å². The minimum Gasteiger partial charge on any atom is -0.354 e. The monoisotopic (exact) mass is 277 g/mol. The normalized spacial score (nSPS) is 23.6. The van der Waals surface area contributed by atoms with E-state index < -0.39 is 0 Å². The first-order valence-corrected chi connectivity index (χ1v) is 7.27. The largest absolute Gasteiger partial charge is 0.354 e. The van der Waals surface area contributed by atoms with Gasteiger partial charge in [-0.3, -0.25) is 4.99 Å². The molecule has 0 aliphatic heterocycles. The molecule has 3 atom stereocenters. The van der Waals surface area contributed by atoms with E-state index in [9.17, 15) is 4.39 Å². The molecular formula is C16H24FN3. The SMILES string of the molecule is CN=C(NC(C)C(C)C)NC1CC1c1ccccc1F. The Labute approximate surface area is 120 Å². The van der Waals surface area contributed by atoms with Crippen LogP contribution in [0.2, 0.25) is 0 Å². The predicted molar refractivity (Wildman–Crippen MR) is 81.5 cm³/mol. The summed E-state index contributed by atoms with van der Waals surface area (Å²) in [5.74, 6) is 1.48. The second kappa shape index (κ2) is 6.25. The lowest BCUT2D eigenvalue weighted by molar-refractivity contribution is 0.480. The zero-order valence-electron chi connectivity index (χ0n) is 12.7. The molecule has 1 fully saturated rings. The van der Waals surface area contributed by atoms with Crippen LogP contribution in [-0.2, 0) is 0 Å². The Morgan fingerprint density at radius 3 is 2.60 bits per heavy atom. The zero-order chi connectivity index (χ0) is 14.7. The van der Waals surface area contributed by atoms with Gasteiger partial charge in [-0.05, 0) is 30.9 Å². The van der Waals surface area contributed by atoms with Crippen molar-refractivity contribution in [3.05, 3.63) is 35.6 Å². The quantitative estimate of drug-likeness (QED) is 0.656. The molecule has 3 unspecified atom stereocenters. The van der Waals surface area contributed by atoms with E-state index in [1.54, 1.807) is 13.1 Å². The summed E-state index contributed by atoms with van der Waals surface area (Å²) >= 11 is 0. The second-order valence-electron chi connectivity index (χ2n) is 5.86. The van der Waals surface area contributed by atoms with Gasteiger partial charge in [0, 0.05) is 25.0 Å². The van der Waals surface area contributed by atoms with Crippen molar-refractivity contribution in [2.75, 3.05) is 7.05 Å². The molecule has 20 heavy (non-hydrogen) atoms. The number of aliphatic imine (C=N–C) groups is 1. The van der Waals surface area contributed by atoms with Gasteiger partial charge < -0.3 is 10.6 Å². The van der Waals surface area contributed by atoms with Crippen LogP contribution in [0.1, 0.15) is 38.7 Å². The smallest absolute Gasteiger partial charge is 0.191 e. The highest BCUT2D eigenvalue weighted by Crippen LogP contribution is 2.41. The third-order valence-electron chi connectivity index (χ3n) is 4.01. The maximum atomic E-state index is 13.7. The van der Waals surface area contributed by atoms with Crippen molar-refractivity contribution in [3.8, 4) is 0 Å². The van der Waals surface area contributed by atoms with Gasteiger partial charge >= 0.3 is 0 Å². The minimum absolute atomic E-state index is 0.111. The molecular weight excluding hydrogens is 253 g/mol. The van der Waals surface area contributed by atoms with E-state index in [2.05, 4.69) is 36.4 Å². The predicted octanol–water partition coefficient (Wildman–Crippen LogP) is 2.89. The molecule has 1 aromatic carbocycles. The summed E-state index contributed by atoms with van der Waals surface area (Å²) in [5.41, 5.74) is 0.803. The lowest BCUT2D eigenvalue weighted by Crippen LogP contribution is -2.45. The number of hydrogen-bond donors (Lipinski definition) is 2. The van der Waals surface area contributed by atoms with Crippen LogP contribution in [-0.4, -0.2) is 25.1 Å². The highest BCUT2D eigenvalue weighted by atomic mass is 19.1. The van der Waals surface area contributed by atoms with Crippen molar-refractivity contribution in [2.24, 2.45) is 10.9 Å². The first kappa shape index (κ1) is 14.8. The summed E-state index contributed by atoms with van der Waals surface area (Å²) in [7, 11) is 1.77. The molecule has 0 spiro atoms. The fourth-order valence-corrected chi connectivity index (χ4v) is 2.20. The van der Waals surface area contributed by atoms with E-state index in [1.807, 2.05) is 12.1 Å². The van der Waals surface area contributed by atoms with Gasteiger partial charge in [0.05, 0.1) is 0 Å². The van der Waals surface area contributed by atoms with Crippen molar-refractivity contribution in [3.63, 3.8) is 0 Å². The molecule has 0 radical (unpaired) electrons. The molecule has 0 aromatic heterocycles. The Bertz CT molecular complexity index is 484. The Morgan fingerprint density at radius 1 is 1.30 bits per heavy atom. The lowest BCUT2D eigenvalue weighted by atomic mass is 10.1. The number of benzene rings is 1. The molecule has 3 nitrogen and oxygen atoms in total. The van der Waals surface area contributed by atoms with Crippen LogP contribution in [0.25, 0.3) is 0 Å². The molecule has 1 aliphatic rings. The first-order chi connectivity index (χ1) is 9.52. The Balaban J connectivity index is 1.91. The van der Waals surface area contributed by atoms with Crippen molar-refractivity contribution in [1.82, 2.24) is 10.6 Å². The highest BCUT2D eigenvalue weighted by molar-refractivity contribution is 5.80. The number of hydrogen-bond acceptors (Lipinski definition) is 1. The van der Waals surface area contributed by atoms with Crippen molar-refractivity contribution in [1.29, 1.82) is 0 Å². The van der Waals surface area contributed by atoms with Crippen LogP contribution in [0.3, 0.4) is 0 Å². The third kappa shape index (κ3) is 3.50. The van der Waals surface area contributed by atoms with Crippen LogP contribution in [0.5, 0.6) is 0 Å². The zero-order valence-corrected chi connectivity index (χ0v) is 12.7. The topological polar surface area (TPSA) is 36.4 Å². The maximum Gasteiger partial charge on any atom is 0.191 e. The van der Waals surface area contributed by atoms with Gasteiger partial charge in [-0.2, -0.15) is 0 Å². The van der Waals surface area contributed by atoms with E-state index in [0.29, 0.717) is 12.0 Å². The van der Waals surface area contributed by atoms with Crippen molar-refractivity contribution in [2.45, 2.75) is 45.2 Å².